The van der Waals surface area contributed by atoms with Crippen LogP contribution < -0.4 is 0 Å². The van der Waals surface area contributed by atoms with Gasteiger partial charge in [-0.15, -0.1) is 0 Å². The van der Waals surface area contributed by atoms with Gasteiger partial charge in [0.25, 0.3) is 0 Å². The van der Waals surface area contributed by atoms with Crippen LogP contribution in [0.15, 0.2) is 48.5 Å². The Morgan fingerprint density at radius 2 is 1.63 bits per heavy atom. The largest absolute Gasteiger partial charge is 0.416 e. The topological polar surface area (TPSA) is 23.8 Å². The summed E-state index contributed by atoms with van der Waals surface area (Å²) >= 11 is 0. The lowest BCUT2D eigenvalue weighted by molar-refractivity contribution is -0.138. The second-order valence-corrected chi connectivity index (χ2v) is 4.07. The van der Waals surface area contributed by atoms with Crippen molar-refractivity contribution in [3.05, 3.63) is 59.7 Å². The summed E-state index contributed by atoms with van der Waals surface area (Å²) in [6.07, 6.45) is -4.69. The average Bonchev–Trinajstić information content (AvgIpc) is 2.39. The molecule has 19 heavy (non-hydrogen) atoms. The summed E-state index contributed by atoms with van der Waals surface area (Å²) in [5.41, 5.74) is 0.483. The molecule has 0 unspecified atom stereocenters. The van der Waals surface area contributed by atoms with E-state index in [9.17, 15) is 13.2 Å². The lowest BCUT2D eigenvalue weighted by Gasteiger charge is -2.13. The van der Waals surface area contributed by atoms with E-state index in [-0.39, 0.29) is 12.0 Å². The summed E-state index contributed by atoms with van der Waals surface area (Å²) in [6.45, 7) is 0. The fourth-order valence-electron chi connectivity index (χ4n) is 1.89. The zero-order valence-corrected chi connectivity index (χ0v) is 9.91. The van der Waals surface area contributed by atoms with Crippen molar-refractivity contribution in [2.45, 2.75) is 12.6 Å². The van der Waals surface area contributed by atoms with Gasteiger partial charge in [0, 0.05) is 0 Å². The molecule has 0 amide bonds. The van der Waals surface area contributed by atoms with Crippen molar-refractivity contribution in [3.63, 3.8) is 0 Å². The molecule has 96 valence electrons. The van der Waals surface area contributed by atoms with Crippen LogP contribution in [0, 0.1) is 11.3 Å². The lowest BCUT2D eigenvalue weighted by Crippen LogP contribution is -2.09. The average molecular weight is 261 g/mol. The smallest absolute Gasteiger partial charge is 0.198 e. The zero-order valence-electron chi connectivity index (χ0n) is 9.91. The first-order valence-electron chi connectivity index (χ1n) is 5.65. The number of halogens is 3. The van der Waals surface area contributed by atoms with Crippen molar-refractivity contribution in [3.8, 4) is 17.2 Å². The molecular formula is C15H10F3N. The molecule has 0 aliphatic carbocycles. The predicted molar refractivity (Wildman–Crippen MR) is 66.2 cm³/mol. The van der Waals surface area contributed by atoms with Crippen LogP contribution in [0.5, 0.6) is 0 Å². The quantitative estimate of drug-likeness (QED) is 0.784. The van der Waals surface area contributed by atoms with Crippen molar-refractivity contribution in [2.75, 3.05) is 0 Å². The molecule has 0 radical (unpaired) electrons. The second-order valence-electron chi connectivity index (χ2n) is 4.07. The molecule has 0 heterocycles. The zero-order chi connectivity index (χ0) is 13.9. The van der Waals surface area contributed by atoms with Crippen LogP contribution in [0.25, 0.3) is 11.1 Å². The van der Waals surface area contributed by atoms with Gasteiger partial charge in [0.15, 0.2) is 0 Å². The van der Waals surface area contributed by atoms with E-state index < -0.39 is 11.7 Å². The van der Waals surface area contributed by atoms with Crippen LogP contribution in [0.4, 0.5) is 13.2 Å². The molecule has 0 saturated heterocycles. The van der Waals surface area contributed by atoms with E-state index in [1.165, 1.54) is 6.07 Å². The highest BCUT2D eigenvalue weighted by atomic mass is 19.4. The van der Waals surface area contributed by atoms with Gasteiger partial charge < -0.3 is 0 Å². The maximum atomic E-state index is 13.0. The molecule has 0 spiro atoms. The summed E-state index contributed by atoms with van der Waals surface area (Å²) in [5.74, 6) is 0. The first kappa shape index (κ1) is 13.2. The van der Waals surface area contributed by atoms with Gasteiger partial charge in [-0.2, -0.15) is 18.4 Å². The van der Waals surface area contributed by atoms with Gasteiger partial charge >= 0.3 is 6.18 Å². The SMILES string of the molecule is N#CCc1ccc(-c2ccccc2)cc1C(F)(F)F. The first-order chi connectivity index (χ1) is 9.02. The minimum Gasteiger partial charge on any atom is -0.198 e. The van der Waals surface area contributed by atoms with Crippen molar-refractivity contribution in [1.29, 1.82) is 5.26 Å². The molecule has 0 N–H and O–H groups in total. The highest BCUT2D eigenvalue weighted by Gasteiger charge is 2.33. The van der Waals surface area contributed by atoms with E-state index in [1.54, 1.807) is 42.5 Å². The highest BCUT2D eigenvalue weighted by molar-refractivity contribution is 5.65. The Bertz CT molecular complexity index is 610. The molecule has 0 aliphatic heterocycles. The molecule has 0 atom stereocenters. The number of nitriles is 1. The van der Waals surface area contributed by atoms with E-state index in [0.29, 0.717) is 5.56 Å². The van der Waals surface area contributed by atoms with E-state index in [1.807, 2.05) is 0 Å². The third kappa shape index (κ3) is 2.94. The molecule has 0 bridgehead atoms. The summed E-state index contributed by atoms with van der Waals surface area (Å²) in [7, 11) is 0. The Balaban J connectivity index is 2.54. The number of rotatable bonds is 2. The molecule has 0 fully saturated rings. The minimum atomic E-state index is -4.45. The summed E-state index contributed by atoms with van der Waals surface area (Å²) < 4.78 is 38.9. The van der Waals surface area contributed by atoms with Gasteiger partial charge in [-0.3, -0.25) is 0 Å². The number of nitrogens with zero attached hydrogens (tertiary/aromatic N) is 1. The maximum Gasteiger partial charge on any atom is 0.416 e. The Labute approximate surface area is 108 Å². The Morgan fingerprint density at radius 1 is 0.947 bits per heavy atom. The number of benzene rings is 2. The van der Waals surface area contributed by atoms with Gasteiger partial charge in [-0.25, -0.2) is 0 Å². The summed E-state index contributed by atoms with van der Waals surface area (Å²) in [4.78, 5) is 0. The van der Waals surface area contributed by atoms with Gasteiger partial charge in [0.05, 0.1) is 18.1 Å². The van der Waals surface area contributed by atoms with Crippen molar-refractivity contribution in [2.24, 2.45) is 0 Å². The lowest BCUT2D eigenvalue weighted by atomic mass is 9.97. The predicted octanol–water partition coefficient (Wildman–Crippen LogP) is 4.44. The summed E-state index contributed by atoms with van der Waals surface area (Å²) in [5, 5.41) is 8.58. The van der Waals surface area contributed by atoms with Crippen LogP contribution in [0.3, 0.4) is 0 Å². The van der Waals surface area contributed by atoms with E-state index >= 15 is 0 Å². The van der Waals surface area contributed by atoms with Crippen molar-refractivity contribution >= 4 is 0 Å². The number of alkyl halides is 3. The second kappa shape index (κ2) is 5.15. The number of hydrogen-bond donors (Lipinski definition) is 0. The minimum absolute atomic E-state index is 0.00896. The Hall–Kier alpha value is -2.28. The Morgan fingerprint density at radius 3 is 2.21 bits per heavy atom. The van der Waals surface area contributed by atoms with Gasteiger partial charge in [0.1, 0.15) is 0 Å². The van der Waals surface area contributed by atoms with E-state index in [0.717, 1.165) is 11.6 Å². The Kier molecular flexibility index (Phi) is 3.57. The van der Waals surface area contributed by atoms with Gasteiger partial charge in [0.2, 0.25) is 0 Å². The van der Waals surface area contributed by atoms with Crippen LogP contribution >= 0.6 is 0 Å². The molecule has 1 nitrogen and oxygen atoms in total. The van der Waals surface area contributed by atoms with Gasteiger partial charge in [-0.05, 0) is 22.8 Å². The molecule has 4 heteroatoms. The molecule has 2 rings (SSSR count). The van der Waals surface area contributed by atoms with E-state index in [2.05, 4.69) is 0 Å². The fraction of sp³-hybridized carbons (Fsp3) is 0.133. The standard InChI is InChI=1S/C15H10F3N/c16-15(17,18)14-10-13(7-6-12(14)8-9-19)11-4-2-1-3-5-11/h1-7,10H,8H2. The molecule has 0 aromatic heterocycles. The number of hydrogen-bond acceptors (Lipinski definition) is 1. The molecular weight excluding hydrogens is 251 g/mol. The highest BCUT2D eigenvalue weighted by Crippen LogP contribution is 2.35. The molecule has 2 aromatic rings. The van der Waals surface area contributed by atoms with E-state index in [4.69, 9.17) is 5.26 Å². The summed E-state index contributed by atoms with van der Waals surface area (Å²) in [6, 6.07) is 14.7. The molecule has 0 saturated carbocycles. The molecule has 2 aromatic carbocycles. The van der Waals surface area contributed by atoms with Gasteiger partial charge in [-0.1, -0.05) is 42.5 Å². The third-order valence-corrected chi connectivity index (χ3v) is 2.79. The maximum absolute atomic E-state index is 13.0. The third-order valence-electron chi connectivity index (χ3n) is 2.79. The monoisotopic (exact) mass is 261 g/mol. The van der Waals surface area contributed by atoms with Crippen LogP contribution in [-0.4, -0.2) is 0 Å². The van der Waals surface area contributed by atoms with Crippen LogP contribution in [0.1, 0.15) is 11.1 Å². The van der Waals surface area contributed by atoms with Crippen LogP contribution in [-0.2, 0) is 12.6 Å². The normalized spacial score (nSPS) is 11.1. The van der Waals surface area contributed by atoms with Crippen molar-refractivity contribution < 1.29 is 13.2 Å². The van der Waals surface area contributed by atoms with Crippen LogP contribution in [0.2, 0.25) is 0 Å². The van der Waals surface area contributed by atoms with Crippen molar-refractivity contribution in [1.82, 2.24) is 0 Å². The molecule has 0 aliphatic rings. The fourth-order valence-corrected chi connectivity index (χ4v) is 1.89. The first-order valence-corrected chi connectivity index (χ1v) is 5.65.